The lowest BCUT2D eigenvalue weighted by Crippen LogP contribution is -2.62. The van der Waals surface area contributed by atoms with E-state index >= 15 is 4.79 Å². The number of anilines is 1. The zero-order valence-corrected chi connectivity index (χ0v) is 48.8. The van der Waals surface area contributed by atoms with E-state index < -0.39 is 194 Å². The first kappa shape index (κ1) is 64.7. The molecule has 7 unspecified atom stereocenters. The van der Waals surface area contributed by atoms with E-state index in [-0.39, 0.29) is 45.7 Å². The molecule has 30 heteroatoms. The summed E-state index contributed by atoms with van der Waals surface area (Å²) >= 11 is -2.41. The molecule has 29 nitrogen and oxygen atoms in total. The van der Waals surface area contributed by atoms with Gasteiger partial charge in [-0.3, -0.25) is 52.7 Å². The summed E-state index contributed by atoms with van der Waals surface area (Å²) in [5.41, 5.74) is 6.71. The number of aromatic nitrogens is 1. The Morgan fingerprint density at radius 1 is 0.824 bits per heavy atom. The summed E-state index contributed by atoms with van der Waals surface area (Å²) in [4.78, 5) is 157. The van der Waals surface area contributed by atoms with Crippen molar-refractivity contribution in [1.29, 1.82) is 0 Å². The monoisotopic (exact) mass is 1210 g/mol. The Morgan fingerprint density at radius 2 is 1.51 bits per heavy atom. The van der Waals surface area contributed by atoms with Gasteiger partial charge in [0.25, 0.3) is 0 Å². The molecule has 0 radical (unpaired) electrons. The van der Waals surface area contributed by atoms with Gasteiger partial charge in [0, 0.05) is 64.7 Å². The number of benzene rings is 2. The highest BCUT2D eigenvalue weighted by atomic mass is 32.2. The number of primary amides is 1. The highest BCUT2D eigenvalue weighted by Crippen LogP contribution is 2.34. The number of phenols is 1. The minimum absolute atomic E-state index is 0.0401. The van der Waals surface area contributed by atoms with Crippen molar-refractivity contribution in [3.63, 3.8) is 0 Å². The van der Waals surface area contributed by atoms with E-state index in [9.17, 15) is 62.7 Å². The minimum atomic E-state index is -2.41. The summed E-state index contributed by atoms with van der Waals surface area (Å²) < 4.78 is 27.4. The molecular weight excluding hydrogens is 1130 g/mol. The maximum Gasteiger partial charge on any atom is 0.248 e. The average Bonchev–Trinajstić information content (AvgIpc) is 2.01. The van der Waals surface area contributed by atoms with Gasteiger partial charge in [0.15, 0.2) is 12.3 Å². The van der Waals surface area contributed by atoms with Gasteiger partial charge in [-0.05, 0) is 50.1 Å². The van der Waals surface area contributed by atoms with Gasteiger partial charge in [-0.15, -0.1) is 0 Å². The van der Waals surface area contributed by atoms with Crippen molar-refractivity contribution in [3.8, 4) is 5.75 Å². The fraction of sp³-hybridized carbons (Fsp3) is 0.545. The van der Waals surface area contributed by atoms with Crippen LogP contribution in [0.2, 0.25) is 0 Å². The molecule has 14 atom stereocenters. The second-order valence-electron chi connectivity index (χ2n) is 22.1. The van der Waals surface area contributed by atoms with Crippen molar-refractivity contribution in [2.45, 2.75) is 139 Å². The van der Waals surface area contributed by atoms with Gasteiger partial charge < -0.3 is 93.0 Å². The molecule has 3 aromatic rings. The van der Waals surface area contributed by atoms with Crippen LogP contribution in [0.5, 0.6) is 5.75 Å². The van der Waals surface area contributed by atoms with Crippen molar-refractivity contribution >= 4 is 92.7 Å². The first-order chi connectivity index (χ1) is 40.3. The van der Waals surface area contributed by atoms with Crippen molar-refractivity contribution in [2.75, 3.05) is 44.4 Å². The fourth-order valence-corrected chi connectivity index (χ4v) is 11.9. The second kappa shape index (κ2) is 28.3. The van der Waals surface area contributed by atoms with E-state index in [1.54, 1.807) is 52.1 Å². The Hall–Kier alpha value is -7.90. The summed E-state index contributed by atoms with van der Waals surface area (Å²) in [7, 11) is 1.65. The lowest BCUT2D eigenvalue weighted by molar-refractivity contribution is -0.144. The molecule has 7 rings (SSSR count). The molecule has 11 amide bonds. The van der Waals surface area contributed by atoms with Crippen LogP contribution in [0.15, 0.2) is 47.5 Å². The van der Waals surface area contributed by atoms with E-state index in [0.29, 0.717) is 17.7 Å². The Bertz CT molecular complexity index is 3040. The first-order valence-electron chi connectivity index (χ1n) is 28.0. The number of nitrogens with zero attached hydrogens (tertiary/aromatic N) is 1. The Kier molecular flexibility index (Phi) is 21.5. The minimum Gasteiger partial charge on any atom is -0.610 e. The van der Waals surface area contributed by atoms with E-state index in [4.69, 9.17) is 15.2 Å². The van der Waals surface area contributed by atoms with Gasteiger partial charge in [0.2, 0.25) is 70.0 Å². The van der Waals surface area contributed by atoms with Crippen LogP contribution in [0, 0.1) is 17.8 Å². The number of hydrogen-bond acceptors (Lipinski definition) is 17. The van der Waals surface area contributed by atoms with Crippen molar-refractivity contribution < 1.29 is 77.0 Å². The number of aromatic hydroxyl groups is 1. The van der Waals surface area contributed by atoms with Crippen LogP contribution in [-0.4, -0.2) is 189 Å². The largest absolute Gasteiger partial charge is 0.610 e. The number of carbonyl (C=O) groups is 11. The Labute approximate surface area is 492 Å². The maximum absolute atomic E-state index is 15.2. The predicted molar refractivity (Wildman–Crippen MR) is 303 cm³/mol. The smallest absolute Gasteiger partial charge is 0.248 e. The summed E-state index contributed by atoms with van der Waals surface area (Å²) in [6.45, 7) is 7.99. The third kappa shape index (κ3) is 15.9. The molecule has 2 bridgehead atoms. The SMILES string of the molecule is CC[C@H](C)[C@@H]1NC(=O)CNC(=O)C2Cc3c([nH]c4cc(O)ccc34)[S@+]([O-])CC(NC(=O)CNC1=O)C(=O)NC(CC(N)=O)C(=O)N1CC(O)CC1C(=O)N[C@@H]([C@@H](C)[C@@H]1COC(c3ccc(NC(=O)[C@H](C)NC(=O)C(NC)C(C)C)cc3)O1)C(=O)N2. The van der Waals surface area contributed by atoms with Crippen LogP contribution >= 0.6 is 0 Å². The van der Waals surface area contributed by atoms with Crippen LogP contribution in [0.1, 0.15) is 78.2 Å². The molecule has 85 heavy (non-hydrogen) atoms. The number of H-pyrrole nitrogens is 1. The number of likely N-dealkylation sites (N-methyl/N-ethyl adjacent to an activating group) is 1. The number of rotatable bonds is 13. The molecule has 2 aromatic carbocycles. The zero-order valence-electron chi connectivity index (χ0n) is 48.0. The normalized spacial score (nSPS) is 27.3. The van der Waals surface area contributed by atoms with Gasteiger partial charge >= 0.3 is 0 Å². The number of nitrogens with one attached hydrogen (secondary N) is 11. The molecule has 4 aliphatic heterocycles. The zero-order chi connectivity index (χ0) is 62.1. The molecule has 2 saturated heterocycles. The second-order valence-corrected chi connectivity index (χ2v) is 23.5. The van der Waals surface area contributed by atoms with Gasteiger partial charge in [-0.2, -0.15) is 0 Å². The van der Waals surface area contributed by atoms with Crippen LogP contribution < -0.4 is 58.9 Å². The number of fused-ring (bicyclic) bond motifs is 5. The number of aliphatic hydroxyl groups is 1. The molecule has 0 spiro atoms. The number of ether oxygens (including phenoxy) is 2. The van der Waals surface area contributed by atoms with Gasteiger partial charge in [0.05, 0.1) is 49.9 Å². The highest BCUT2D eigenvalue weighted by Gasteiger charge is 2.47. The van der Waals surface area contributed by atoms with Crippen molar-refractivity contribution in [1.82, 2.24) is 57.7 Å². The quantitative estimate of drug-likeness (QED) is 0.0740. The Morgan fingerprint density at radius 3 is 2.16 bits per heavy atom. The number of aromatic amines is 1. The number of carbonyl (C=O) groups excluding carboxylic acids is 11. The van der Waals surface area contributed by atoms with Crippen LogP contribution in [0.4, 0.5) is 5.69 Å². The third-order valence-corrected chi connectivity index (χ3v) is 16.9. The number of amides is 11. The van der Waals surface area contributed by atoms with E-state index in [0.717, 1.165) is 4.90 Å². The molecule has 5 heterocycles. The molecule has 4 aliphatic rings. The summed E-state index contributed by atoms with van der Waals surface area (Å²) in [6.07, 6.45) is -4.89. The van der Waals surface area contributed by atoms with E-state index in [2.05, 4.69) is 58.2 Å². The lowest BCUT2D eigenvalue weighted by atomic mass is 9.93. The van der Waals surface area contributed by atoms with Crippen LogP contribution in [-0.2, 0) is 79.8 Å². The number of phenolic OH excluding ortho intramolecular Hbond substituents is 1. The van der Waals surface area contributed by atoms with E-state index in [1.165, 1.54) is 25.1 Å². The van der Waals surface area contributed by atoms with Crippen LogP contribution in [0.25, 0.3) is 10.9 Å². The molecule has 462 valence electrons. The number of aliphatic hydroxyl groups excluding tert-OH is 1. The topological polar surface area (TPSA) is 435 Å². The fourth-order valence-electron chi connectivity index (χ4n) is 10.5. The maximum atomic E-state index is 15.2. The third-order valence-electron chi connectivity index (χ3n) is 15.5. The highest BCUT2D eigenvalue weighted by molar-refractivity contribution is 7.91. The van der Waals surface area contributed by atoms with Crippen LogP contribution in [0.3, 0.4) is 0 Å². The molecule has 1 aromatic heterocycles. The Balaban J connectivity index is 1.27. The summed E-state index contributed by atoms with van der Waals surface area (Å²) in [5, 5.41) is 47.8. The molecule has 2 fully saturated rings. The van der Waals surface area contributed by atoms with Gasteiger partial charge in [-0.1, -0.05) is 53.2 Å². The standard InChI is InChI=1S/C55H75N13O16S/c1-8-25(4)44-50(78)59-19-41(72)62-37-23-85(82)53-33(32-14-13-30(69)15-34(32)65-53)17-35(47(75)58-20-42(73)66-44)63-52(80)45(67-49(77)38-16-31(70)21-68(38)54(81)36(18-40(56)71)64-48(37)76)26(5)39-22-83-55(84-39)28-9-11-29(12-10-28)61-46(74)27(6)60-51(79)43(57-7)24(2)3/h9-15,24-27,31,35-39,43-45,55,57,65,69-70H,8,16-23H2,1-7H3,(H2,56,71)(H,58,75)(H,59,78)(H,60,79)(H,61,74)(H,62,72)(H,63,80)(H,64,76)(H,66,73)(H,67,77)/t25-,26-,27-,31?,35?,36?,37?,38?,39-,43?,44-,45-,55?,85+/m0/s1. The van der Waals surface area contributed by atoms with Crippen molar-refractivity contribution in [2.24, 2.45) is 23.5 Å². The first-order valence-corrected chi connectivity index (χ1v) is 29.3. The van der Waals surface area contributed by atoms with Gasteiger partial charge in [0.1, 0.15) is 47.8 Å². The molecule has 15 N–H and O–H groups in total. The lowest BCUT2D eigenvalue weighted by Gasteiger charge is -2.33. The molecular formula is C55H75N13O16S. The number of nitrogens with two attached hydrogens (primary N) is 1. The molecule has 0 saturated carbocycles. The van der Waals surface area contributed by atoms with E-state index in [1.807, 2.05) is 13.8 Å². The average molecular weight is 1210 g/mol. The molecule has 0 aliphatic carbocycles. The van der Waals surface area contributed by atoms with Crippen molar-refractivity contribution in [3.05, 3.63) is 53.6 Å². The summed E-state index contributed by atoms with van der Waals surface area (Å²) in [5.74, 6) is -12.6. The van der Waals surface area contributed by atoms with Gasteiger partial charge in [-0.25, -0.2) is 0 Å². The summed E-state index contributed by atoms with van der Waals surface area (Å²) in [6, 6.07) is -0.940. The number of hydrogen-bond donors (Lipinski definition) is 14. The predicted octanol–water partition coefficient (Wildman–Crippen LogP) is -3.47.